The number of aliphatic imine (C=N–C) groups is 1. The van der Waals surface area contributed by atoms with Gasteiger partial charge in [-0.2, -0.15) is 11.2 Å². The second kappa shape index (κ2) is 6.66. The van der Waals surface area contributed by atoms with Crippen LogP contribution in [0.2, 0.25) is 19.6 Å². The summed E-state index contributed by atoms with van der Waals surface area (Å²) in [5, 5.41) is 0.855. The fourth-order valence-corrected chi connectivity index (χ4v) is 6.58. The lowest BCUT2D eigenvalue weighted by molar-refractivity contribution is 0.694. The first-order chi connectivity index (χ1) is 5.99. The molecule has 0 heterocycles. The van der Waals surface area contributed by atoms with Crippen molar-refractivity contribution in [1.29, 1.82) is 0 Å². The first-order valence-corrected chi connectivity index (χ1v) is 10.2. The lowest BCUT2D eigenvalue weighted by Crippen LogP contribution is -2.20. The fraction of sp³-hybridized carbons (Fsp3) is 0.900. The van der Waals surface area contributed by atoms with Crippen molar-refractivity contribution in [2.45, 2.75) is 51.1 Å². The van der Waals surface area contributed by atoms with Crippen LogP contribution in [0, 0.1) is 0 Å². The Morgan fingerprint density at radius 1 is 1.38 bits per heavy atom. The van der Waals surface area contributed by atoms with Crippen LogP contribution in [-0.2, 0) is 0 Å². The van der Waals surface area contributed by atoms with Gasteiger partial charge >= 0.3 is 0 Å². The molecule has 1 nitrogen and oxygen atoms in total. The van der Waals surface area contributed by atoms with E-state index in [9.17, 15) is 0 Å². The summed E-state index contributed by atoms with van der Waals surface area (Å²) in [7, 11) is -0.931. The molecule has 0 aromatic heterocycles. The van der Waals surface area contributed by atoms with Crippen LogP contribution >= 0.6 is 11.2 Å². The van der Waals surface area contributed by atoms with Gasteiger partial charge in [0.15, 0.2) is 0 Å². The molecule has 0 spiro atoms. The normalized spacial score (nSPS) is 14.2. The third-order valence-corrected chi connectivity index (χ3v) is 6.55. The quantitative estimate of drug-likeness (QED) is 0.359. The molecule has 0 bridgehead atoms. The van der Waals surface area contributed by atoms with Crippen molar-refractivity contribution in [3.05, 3.63) is 0 Å². The highest BCUT2D eigenvalue weighted by Crippen LogP contribution is 2.29. The predicted molar refractivity (Wildman–Crippen MR) is 68.7 cm³/mol. The van der Waals surface area contributed by atoms with Crippen LogP contribution in [0.5, 0.6) is 0 Å². The van der Waals surface area contributed by atoms with Gasteiger partial charge in [0, 0.05) is 6.54 Å². The summed E-state index contributed by atoms with van der Waals surface area (Å²) in [5.41, 5.74) is 0. The number of rotatable bonds is 7. The van der Waals surface area contributed by atoms with Gasteiger partial charge in [0.25, 0.3) is 0 Å². The van der Waals surface area contributed by atoms with Gasteiger partial charge in [-0.15, -0.1) is 0 Å². The second-order valence-corrected chi connectivity index (χ2v) is 13.9. The largest absolute Gasteiger partial charge is 0.301 e. The van der Waals surface area contributed by atoms with E-state index in [4.69, 9.17) is 0 Å². The van der Waals surface area contributed by atoms with Gasteiger partial charge in [-0.25, -0.2) is 0 Å². The molecule has 13 heavy (non-hydrogen) atoms. The molecule has 3 heteroatoms. The van der Waals surface area contributed by atoms with E-state index in [-0.39, 0.29) is 0 Å². The van der Waals surface area contributed by atoms with Crippen molar-refractivity contribution in [1.82, 2.24) is 0 Å². The minimum Gasteiger partial charge on any atom is -0.301 e. The second-order valence-electron chi connectivity index (χ2n) is 4.35. The zero-order valence-electron chi connectivity index (χ0n) is 9.47. The molecular formula is C10H23NSSi. The maximum absolute atomic E-state index is 3.89. The molecule has 0 rings (SSSR count). The molecule has 0 aliphatic heterocycles. The maximum Gasteiger partial charge on any atom is 0.108 e. The van der Waals surface area contributed by atoms with Crippen molar-refractivity contribution in [3.63, 3.8) is 0 Å². The smallest absolute Gasteiger partial charge is 0.108 e. The molecule has 0 radical (unpaired) electrons. The van der Waals surface area contributed by atoms with Crippen LogP contribution in [0.1, 0.15) is 26.2 Å². The van der Waals surface area contributed by atoms with Gasteiger partial charge in [-0.3, -0.25) is 0 Å². The Hall–Kier alpha value is 0.237. The van der Waals surface area contributed by atoms with E-state index in [1.807, 2.05) is 0 Å². The van der Waals surface area contributed by atoms with E-state index in [1.54, 1.807) is 0 Å². The highest BCUT2D eigenvalue weighted by atomic mass is 32.4. The Kier molecular flexibility index (Phi) is 6.78. The average Bonchev–Trinajstić information content (AvgIpc) is 2.01. The first-order valence-electron chi connectivity index (χ1n) is 5.10. The van der Waals surface area contributed by atoms with E-state index in [2.05, 4.69) is 49.5 Å². The minimum atomic E-state index is -0.931. The highest BCUT2D eigenvalue weighted by molar-refractivity contribution is 8.29. The molecule has 0 saturated heterocycles. The van der Waals surface area contributed by atoms with Crippen LogP contribution in [0.3, 0.4) is 0 Å². The van der Waals surface area contributed by atoms with Gasteiger partial charge in [-0.05, 0) is 31.2 Å². The molecule has 0 aromatic carbocycles. The summed E-state index contributed by atoms with van der Waals surface area (Å²) in [4.78, 5) is 3.89. The van der Waals surface area contributed by atoms with Crippen LogP contribution in [0.4, 0.5) is 0 Å². The number of hydrogen-bond acceptors (Lipinski definition) is 2. The van der Waals surface area contributed by atoms with Crippen molar-refractivity contribution >= 4 is 25.2 Å². The van der Waals surface area contributed by atoms with Crippen LogP contribution in [0.25, 0.3) is 0 Å². The third kappa shape index (κ3) is 8.56. The summed E-state index contributed by atoms with van der Waals surface area (Å²) in [6, 6.07) is 0. The Bertz CT molecular complexity index is 142. The highest BCUT2D eigenvalue weighted by Gasteiger charge is 2.19. The fourth-order valence-electron chi connectivity index (χ4n) is 1.28. The molecule has 0 N–H and O–H groups in total. The Labute approximate surface area is 88.1 Å². The van der Waals surface area contributed by atoms with E-state index in [1.165, 1.54) is 19.3 Å². The van der Waals surface area contributed by atoms with Gasteiger partial charge in [0.1, 0.15) is 7.22 Å². The van der Waals surface area contributed by atoms with Crippen LogP contribution in [0.15, 0.2) is 4.99 Å². The SMILES string of the molecule is C=NCCCC(CC)S[Si](C)(C)C. The van der Waals surface area contributed by atoms with E-state index >= 15 is 0 Å². The zero-order chi connectivity index (χ0) is 10.3. The topological polar surface area (TPSA) is 12.4 Å². The van der Waals surface area contributed by atoms with Gasteiger partial charge in [-0.1, -0.05) is 26.6 Å². The lowest BCUT2D eigenvalue weighted by atomic mass is 10.2. The molecule has 0 aromatic rings. The molecule has 0 amide bonds. The molecule has 0 fully saturated rings. The van der Waals surface area contributed by atoms with Gasteiger partial charge in [0.05, 0.1) is 0 Å². The van der Waals surface area contributed by atoms with Gasteiger partial charge in [0.2, 0.25) is 0 Å². The molecule has 1 atom stereocenters. The van der Waals surface area contributed by atoms with E-state index in [0.717, 1.165) is 11.8 Å². The van der Waals surface area contributed by atoms with Crippen molar-refractivity contribution < 1.29 is 0 Å². The molecule has 1 unspecified atom stereocenters. The lowest BCUT2D eigenvalue weighted by Gasteiger charge is -2.23. The number of hydrogen-bond donors (Lipinski definition) is 0. The standard InChI is InChI=1S/C10H23NSSi/c1-6-10(8-7-9-11-2)12-13(3,4)5/h10H,2,6-9H2,1,3-5H3. The zero-order valence-corrected chi connectivity index (χ0v) is 11.3. The average molecular weight is 217 g/mol. The first kappa shape index (κ1) is 13.2. The number of nitrogens with zero attached hydrogens (tertiary/aromatic N) is 1. The van der Waals surface area contributed by atoms with Crippen LogP contribution < -0.4 is 0 Å². The van der Waals surface area contributed by atoms with E-state index < -0.39 is 7.22 Å². The summed E-state index contributed by atoms with van der Waals surface area (Å²) in [5.74, 6) is 0. The Balaban J connectivity index is 3.69. The van der Waals surface area contributed by atoms with Gasteiger partial charge < -0.3 is 4.99 Å². The third-order valence-electron chi connectivity index (χ3n) is 1.82. The molecular weight excluding hydrogens is 194 g/mol. The van der Waals surface area contributed by atoms with Crippen molar-refractivity contribution in [2.75, 3.05) is 6.54 Å². The summed E-state index contributed by atoms with van der Waals surface area (Å²) in [6.45, 7) is 14.0. The van der Waals surface area contributed by atoms with Crippen molar-refractivity contribution in [2.24, 2.45) is 4.99 Å². The van der Waals surface area contributed by atoms with E-state index in [0.29, 0.717) is 0 Å². The molecule has 0 saturated carbocycles. The maximum atomic E-state index is 3.89. The Morgan fingerprint density at radius 2 is 2.00 bits per heavy atom. The Morgan fingerprint density at radius 3 is 2.38 bits per heavy atom. The predicted octanol–water partition coefficient (Wildman–Crippen LogP) is 3.81. The summed E-state index contributed by atoms with van der Waals surface area (Å²) >= 11 is 2.23. The molecule has 0 aliphatic rings. The summed E-state index contributed by atoms with van der Waals surface area (Å²) in [6.07, 6.45) is 3.82. The molecule has 78 valence electrons. The minimum absolute atomic E-state index is 0.855. The van der Waals surface area contributed by atoms with Crippen LogP contribution in [-0.4, -0.2) is 25.7 Å². The monoisotopic (exact) mass is 217 g/mol. The van der Waals surface area contributed by atoms with Crippen molar-refractivity contribution in [3.8, 4) is 0 Å². The molecule has 0 aliphatic carbocycles. The summed E-state index contributed by atoms with van der Waals surface area (Å²) < 4.78 is 0.